The van der Waals surface area contributed by atoms with Crippen LogP contribution >= 0.6 is 15.9 Å². The molecule has 2 rings (SSSR count). The van der Waals surface area contributed by atoms with Crippen molar-refractivity contribution in [2.45, 2.75) is 6.04 Å². The Morgan fingerprint density at radius 2 is 2.13 bits per heavy atom. The number of amides is 2. The number of ether oxygens (including phenoxy) is 1. The van der Waals surface area contributed by atoms with Crippen LogP contribution in [0.4, 0.5) is 0 Å². The van der Waals surface area contributed by atoms with Crippen LogP contribution in [0.25, 0.3) is 6.08 Å². The van der Waals surface area contributed by atoms with E-state index in [1.165, 1.54) is 25.3 Å². The Balaban J connectivity index is 2.26. The number of carbonyl (C=O) groups is 2. The van der Waals surface area contributed by atoms with Gasteiger partial charge in [-0.15, -0.1) is 0 Å². The minimum absolute atomic E-state index is 0.0723. The summed E-state index contributed by atoms with van der Waals surface area (Å²) in [6.45, 7) is 0. The summed E-state index contributed by atoms with van der Waals surface area (Å²) in [7, 11) is 1.39. The minimum Gasteiger partial charge on any atom is -0.503 e. The third-order valence-corrected chi connectivity index (χ3v) is 3.48. The van der Waals surface area contributed by atoms with Gasteiger partial charge in [0.2, 0.25) is 0 Å². The maximum atomic E-state index is 11.5. The summed E-state index contributed by atoms with van der Waals surface area (Å²) in [5.41, 5.74) is 0.576. The van der Waals surface area contributed by atoms with Crippen LogP contribution in [-0.2, 0) is 9.59 Å². The normalized spacial score (nSPS) is 17.8. The van der Waals surface area contributed by atoms with Crippen LogP contribution in [0.3, 0.4) is 0 Å². The van der Waals surface area contributed by atoms with Crippen molar-refractivity contribution in [2.75, 3.05) is 7.11 Å². The highest BCUT2D eigenvalue weighted by atomic mass is 79.9. The van der Waals surface area contributed by atoms with E-state index < -0.39 is 22.8 Å². The summed E-state index contributed by atoms with van der Waals surface area (Å²) in [4.78, 5) is 36.1. The summed E-state index contributed by atoms with van der Waals surface area (Å²) in [5.74, 6) is -2.14. The molecule has 1 aliphatic rings. The van der Waals surface area contributed by atoms with Gasteiger partial charge in [-0.05, 0) is 39.7 Å². The highest BCUT2D eigenvalue weighted by Crippen LogP contribution is 2.35. The van der Waals surface area contributed by atoms with E-state index >= 15 is 0 Å². The van der Waals surface area contributed by atoms with E-state index in [0.717, 1.165) is 0 Å². The Bertz CT molecular complexity index is 758. The summed E-state index contributed by atoms with van der Waals surface area (Å²) in [6, 6.07) is 1.07. The number of nitrogens with one attached hydrogen (secondary N) is 1. The second-order valence-electron chi connectivity index (χ2n) is 4.40. The van der Waals surface area contributed by atoms with Crippen LogP contribution in [0.2, 0.25) is 0 Å². The van der Waals surface area contributed by atoms with Crippen molar-refractivity contribution in [3.8, 4) is 11.5 Å². The number of halogens is 1. The highest BCUT2D eigenvalue weighted by Gasteiger charge is 2.41. The van der Waals surface area contributed by atoms with Gasteiger partial charge in [0, 0.05) is 4.92 Å². The molecule has 0 spiro atoms. The third-order valence-electron chi connectivity index (χ3n) is 2.88. The lowest BCUT2D eigenvalue weighted by molar-refractivity contribution is -0.493. The number of aromatic hydroxyl groups is 1. The SMILES string of the molecule is COc1cc(/C=C/C2=NC(=O)C([N+](=O)[O-])C(=O)N2)cc(Br)c1O. The van der Waals surface area contributed by atoms with Crippen molar-refractivity contribution in [1.29, 1.82) is 0 Å². The molecule has 0 radical (unpaired) electrons. The van der Waals surface area contributed by atoms with Crippen molar-refractivity contribution >= 4 is 39.7 Å². The van der Waals surface area contributed by atoms with Gasteiger partial charge in [0.25, 0.3) is 0 Å². The van der Waals surface area contributed by atoms with Crippen molar-refractivity contribution < 1.29 is 24.4 Å². The standard InChI is InChI=1S/C13H10BrN3O6/c1-23-8-5-6(4-7(14)11(8)18)2-3-9-15-12(19)10(17(21)22)13(20)16-9/h2-5,10,18H,1H3,(H,15,16,19,20)/b3-2+. The first-order valence-electron chi connectivity index (χ1n) is 6.15. The average Bonchev–Trinajstić information content (AvgIpc) is 2.47. The van der Waals surface area contributed by atoms with Crippen molar-refractivity contribution in [2.24, 2.45) is 4.99 Å². The van der Waals surface area contributed by atoms with Crippen molar-refractivity contribution in [3.63, 3.8) is 0 Å². The number of carbonyl (C=O) groups excluding carboxylic acids is 2. The zero-order valence-corrected chi connectivity index (χ0v) is 13.2. The number of hydrogen-bond acceptors (Lipinski definition) is 6. The van der Waals surface area contributed by atoms with Crippen LogP contribution in [0.5, 0.6) is 11.5 Å². The number of aliphatic imine (C=N–C) groups is 1. The Kier molecular flexibility index (Phi) is 4.74. The predicted octanol–water partition coefficient (Wildman–Crippen LogP) is 0.877. The van der Waals surface area contributed by atoms with Gasteiger partial charge in [0.1, 0.15) is 5.84 Å². The molecule has 2 amide bonds. The molecular formula is C13H10BrN3O6. The fourth-order valence-corrected chi connectivity index (χ4v) is 2.26. The van der Waals surface area contributed by atoms with E-state index in [-0.39, 0.29) is 17.3 Å². The summed E-state index contributed by atoms with van der Waals surface area (Å²) < 4.78 is 5.37. The van der Waals surface area contributed by atoms with Gasteiger partial charge < -0.3 is 15.2 Å². The van der Waals surface area contributed by atoms with Crippen LogP contribution in [0.15, 0.2) is 27.7 Å². The van der Waals surface area contributed by atoms with Crippen molar-refractivity contribution in [3.05, 3.63) is 38.4 Å². The predicted molar refractivity (Wildman–Crippen MR) is 82.8 cm³/mol. The minimum atomic E-state index is -2.02. The van der Waals surface area contributed by atoms with E-state index in [0.29, 0.717) is 10.0 Å². The van der Waals surface area contributed by atoms with Crippen LogP contribution < -0.4 is 10.1 Å². The Morgan fingerprint density at radius 1 is 1.43 bits per heavy atom. The molecule has 0 aliphatic carbocycles. The number of hydrogen-bond donors (Lipinski definition) is 2. The smallest absolute Gasteiger partial charge is 0.368 e. The number of rotatable bonds is 4. The zero-order valence-electron chi connectivity index (χ0n) is 11.6. The van der Waals surface area contributed by atoms with Gasteiger partial charge >= 0.3 is 17.9 Å². The molecule has 1 heterocycles. The highest BCUT2D eigenvalue weighted by molar-refractivity contribution is 9.10. The van der Waals surface area contributed by atoms with E-state index in [9.17, 15) is 24.8 Å². The molecule has 10 heteroatoms. The third kappa shape index (κ3) is 3.54. The molecule has 0 saturated carbocycles. The molecule has 1 aliphatic heterocycles. The Hall–Kier alpha value is -2.75. The molecule has 1 aromatic rings. The van der Waals surface area contributed by atoms with Gasteiger partial charge in [-0.25, -0.2) is 0 Å². The van der Waals surface area contributed by atoms with Gasteiger partial charge in [-0.1, -0.05) is 6.08 Å². The summed E-state index contributed by atoms with van der Waals surface area (Å²) in [5, 5.41) is 22.5. The average molecular weight is 384 g/mol. The van der Waals surface area contributed by atoms with Gasteiger partial charge in [0.15, 0.2) is 11.5 Å². The molecule has 2 N–H and O–H groups in total. The lowest BCUT2D eigenvalue weighted by Crippen LogP contribution is -2.50. The molecule has 23 heavy (non-hydrogen) atoms. The fraction of sp³-hybridized carbons (Fsp3) is 0.154. The molecule has 1 atom stereocenters. The number of methoxy groups -OCH3 is 1. The van der Waals surface area contributed by atoms with Crippen molar-refractivity contribution in [1.82, 2.24) is 5.32 Å². The maximum absolute atomic E-state index is 11.5. The second-order valence-corrected chi connectivity index (χ2v) is 5.25. The molecule has 120 valence electrons. The molecule has 1 unspecified atom stereocenters. The first-order valence-corrected chi connectivity index (χ1v) is 6.94. The zero-order chi connectivity index (χ0) is 17.1. The quantitative estimate of drug-likeness (QED) is 0.450. The van der Waals surface area contributed by atoms with Gasteiger partial charge in [-0.2, -0.15) is 4.99 Å². The topological polar surface area (TPSA) is 131 Å². The van der Waals surface area contributed by atoms with E-state index in [4.69, 9.17) is 4.74 Å². The molecule has 0 saturated heterocycles. The molecular weight excluding hydrogens is 374 g/mol. The van der Waals surface area contributed by atoms with E-state index in [2.05, 4.69) is 26.2 Å². The van der Waals surface area contributed by atoms with Crippen LogP contribution in [0.1, 0.15) is 5.56 Å². The molecule has 1 aromatic carbocycles. The lowest BCUT2D eigenvalue weighted by Gasteiger charge is -2.12. The fourth-order valence-electron chi connectivity index (χ4n) is 1.80. The number of benzene rings is 1. The monoisotopic (exact) mass is 383 g/mol. The van der Waals surface area contributed by atoms with Crippen LogP contribution in [-0.4, -0.2) is 40.8 Å². The molecule has 9 nitrogen and oxygen atoms in total. The number of amidine groups is 1. The number of phenols is 1. The molecule has 0 aromatic heterocycles. The largest absolute Gasteiger partial charge is 0.503 e. The number of phenolic OH excluding ortho intramolecular Hbond substituents is 1. The Morgan fingerprint density at radius 3 is 2.70 bits per heavy atom. The van der Waals surface area contributed by atoms with E-state index in [1.807, 2.05) is 0 Å². The number of nitro groups is 1. The lowest BCUT2D eigenvalue weighted by atomic mass is 10.1. The number of nitrogens with zero attached hydrogens (tertiary/aromatic N) is 2. The first-order chi connectivity index (χ1) is 10.8. The molecule has 0 bridgehead atoms. The summed E-state index contributed by atoms with van der Waals surface area (Å²) >= 11 is 3.15. The molecule has 0 fully saturated rings. The summed E-state index contributed by atoms with van der Waals surface area (Å²) in [6.07, 6.45) is 2.80. The van der Waals surface area contributed by atoms with Gasteiger partial charge in [0.05, 0.1) is 11.6 Å². The van der Waals surface area contributed by atoms with Crippen LogP contribution in [0, 0.1) is 10.1 Å². The second kappa shape index (κ2) is 6.57. The van der Waals surface area contributed by atoms with Gasteiger partial charge in [-0.3, -0.25) is 19.7 Å². The first kappa shape index (κ1) is 16.6. The maximum Gasteiger partial charge on any atom is 0.368 e. The van der Waals surface area contributed by atoms with E-state index in [1.54, 1.807) is 6.07 Å². The Labute approximate surface area is 137 Å².